The Kier molecular flexibility index (Phi) is 3.73. The number of aromatic nitrogens is 1. The van der Waals surface area contributed by atoms with Gasteiger partial charge >= 0.3 is 0 Å². The van der Waals surface area contributed by atoms with Gasteiger partial charge in [-0.1, -0.05) is 6.07 Å². The largest absolute Gasteiger partial charge is 0.508 e. The van der Waals surface area contributed by atoms with E-state index < -0.39 is 5.82 Å². The average Bonchev–Trinajstić information content (AvgIpc) is 3.05. The lowest BCUT2D eigenvalue weighted by atomic mass is 10.1. The molecule has 2 atom stereocenters. The summed E-state index contributed by atoms with van der Waals surface area (Å²) in [6.07, 6.45) is 2.77. The van der Waals surface area contributed by atoms with Gasteiger partial charge in [0.15, 0.2) is 0 Å². The Hall–Kier alpha value is -1.65. The van der Waals surface area contributed by atoms with Crippen LogP contribution in [0.25, 0.3) is 11.3 Å². The average molecular weight is 281 g/mol. The molecular formula is C14H14ClFN2O. The molecule has 1 aromatic carbocycles. The van der Waals surface area contributed by atoms with Gasteiger partial charge in [-0.2, -0.15) is 0 Å². The monoisotopic (exact) mass is 280 g/mol. The SMILES string of the molecule is Cl.N[C@@H]1C[C@H]1c1ccc(-c2cc(O)cc(F)c2)nc1. The van der Waals surface area contributed by atoms with E-state index in [9.17, 15) is 9.50 Å². The minimum absolute atomic E-state index is 0. The first-order valence-corrected chi connectivity index (χ1v) is 5.85. The van der Waals surface area contributed by atoms with Gasteiger partial charge in [-0.05, 0) is 30.2 Å². The zero-order valence-electron chi connectivity index (χ0n) is 10.1. The number of nitrogens with two attached hydrogens (primary N) is 1. The van der Waals surface area contributed by atoms with E-state index in [1.165, 1.54) is 12.1 Å². The van der Waals surface area contributed by atoms with E-state index >= 15 is 0 Å². The van der Waals surface area contributed by atoms with Gasteiger partial charge in [-0.25, -0.2) is 4.39 Å². The number of hydrogen-bond donors (Lipinski definition) is 2. The second kappa shape index (κ2) is 5.15. The van der Waals surface area contributed by atoms with Crippen molar-refractivity contribution < 1.29 is 9.50 Å². The quantitative estimate of drug-likeness (QED) is 0.889. The fourth-order valence-corrected chi connectivity index (χ4v) is 2.12. The first kappa shape index (κ1) is 13.8. The molecule has 0 unspecified atom stereocenters. The fourth-order valence-electron chi connectivity index (χ4n) is 2.12. The number of rotatable bonds is 2. The molecular weight excluding hydrogens is 267 g/mol. The van der Waals surface area contributed by atoms with Gasteiger partial charge in [-0.3, -0.25) is 4.98 Å². The third-order valence-electron chi connectivity index (χ3n) is 3.23. The molecule has 1 aliphatic carbocycles. The van der Waals surface area contributed by atoms with Crippen LogP contribution < -0.4 is 5.73 Å². The van der Waals surface area contributed by atoms with E-state index in [0.717, 1.165) is 18.1 Å². The van der Waals surface area contributed by atoms with Crippen molar-refractivity contribution in [2.75, 3.05) is 0 Å². The summed E-state index contributed by atoms with van der Waals surface area (Å²) >= 11 is 0. The van der Waals surface area contributed by atoms with Crippen LogP contribution in [0.1, 0.15) is 17.9 Å². The van der Waals surface area contributed by atoms with Crippen molar-refractivity contribution in [1.82, 2.24) is 4.98 Å². The standard InChI is InChI=1S/C14H13FN2O.ClH/c15-10-3-9(4-11(18)5-10)14-2-1-8(7-17-14)12-6-13(12)16;/h1-5,7,12-13,18H,6,16H2;1H/t12-,13+;/m0./s1. The van der Waals surface area contributed by atoms with Crippen molar-refractivity contribution in [2.45, 2.75) is 18.4 Å². The molecule has 0 radical (unpaired) electrons. The molecule has 19 heavy (non-hydrogen) atoms. The van der Waals surface area contributed by atoms with Crippen LogP contribution in [0.5, 0.6) is 5.75 Å². The molecule has 0 spiro atoms. The van der Waals surface area contributed by atoms with Gasteiger partial charge < -0.3 is 10.8 Å². The number of aromatic hydroxyl groups is 1. The minimum atomic E-state index is -0.472. The van der Waals surface area contributed by atoms with Crippen molar-refractivity contribution >= 4 is 12.4 Å². The van der Waals surface area contributed by atoms with Gasteiger partial charge in [0.25, 0.3) is 0 Å². The van der Waals surface area contributed by atoms with Crippen LogP contribution in [0, 0.1) is 5.82 Å². The maximum absolute atomic E-state index is 13.2. The Balaban J connectivity index is 0.00000133. The highest BCUT2D eigenvalue weighted by Crippen LogP contribution is 2.38. The summed E-state index contributed by atoms with van der Waals surface area (Å²) in [6.45, 7) is 0. The van der Waals surface area contributed by atoms with Crippen LogP contribution in [-0.4, -0.2) is 16.1 Å². The van der Waals surface area contributed by atoms with Crippen molar-refractivity contribution in [3.63, 3.8) is 0 Å². The number of phenols is 1. The lowest BCUT2D eigenvalue weighted by Gasteiger charge is -2.04. The van der Waals surface area contributed by atoms with E-state index in [1.54, 1.807) is 6.20 Å². The lowest BCUT2D eigenvalue weighted by molar-refractivity contribution is 0.469. The summed E-state index contributed by atoms with van der Waals surface area (Å²) in [5.41, 5.74) is 8.10. The van der Waals surface area contributed by atoms with E-state index in [2.05, 4.69) is 4.98 Å². The number of pyridine rings is 1. The highest BCUT2D eigenvalue weighted by Gasteiger charge is 2.34. The zero-order valence-corrected chi connectivity index (χ0v) is 10.9. The number of hydrogen-bond acceptors (Lipinski definition) is 3. The molecule has 2 aromatic rings. The van der Waals surface area contributed by atoms with Crippen molar-refractivity contribution in [3.8, 4) is 17.0 Å². The van der Waals surface area contributed by atoms with Gasteiger partial charge in [0.2, 0.25) is 0 Å². The Morgan fingerprint density at radius 1 is 1.26 bits per heavy atom. The molecule has 100 valence electrons. The third kappa shape index (κ3) is 2.85. The van der Waals surface area contributed by atoms with Gasteiger partial charge in [0.05, 0.1) is 5.69 Å². The van der Waals surface area contributed by atoms with E-state index in [-0.39, 0.29) is 24.2 Å². The van der Waals surface area contributed by atoms with Crippen LogP contribution in [0.2, 0.25) is 0 Å². The molecule has 1 aliphatic rings. The van der Waals surface area contributed by atoms with Gasteiger partial charge in [-0.15, -0.1) is 12.4 Å². The molecule has 0 amide bonds. The van der Waals surface area contributed by atoms with Gasteiger partial charge in [0, 0.05) is 29.8 Å². The molecule has 1 saturated carbocycles. The third-order valence-corrected chi connectivity index (χ3v) is 3.23. The van der Waals surface area contributed by atoms with Crippen LogP contribution in [0.15, 0.2) is 36.5 Å². The maximum Gasteiger partial charge on any atom is 0.127 e. The first-order valence-electron chi connectivity index (χ1n) is 5.85. The van der Waals surface area contributed by atoms with E-state index in [1.807, 2.05) is 12.1 Å². The van der Waals surface area contributed by atoms with Crippen LogP contribution in [0.4, 0.5) is 4.39 Å². The Morgan fingerprint density at radius 3 is 2.53 bits per heavy atom. The minimum Gasteiger partial charge on any atom is -0.508 e. The summed E-state index contributed by atoms with van der Waals surface area (Å²) in [4.78, 5) is 4.29. The predicted octanol–water partition coefficient (Wildman–Crippen LogP) is 2.83. The Labute approximate surface area is 116 Å². The highest BCUT2D eigenvalue weighted by atomic mass is 35.5. The molecule has 3 N–H and O–H groups in total. The highest BCUT2D eigenvalue weighted by molar-refractivity contribution is 5.85. The summed E-state index contributed by atoms with van der Waals surface area (Å²) in [5.74, 6) is -0.160. The molecule has 1 aromatic heterocycles. The van der Waals surface area contributed by atoms with E-state index in [0.29, 0.717) is 17.2 Å². The maximum atomic E-state index is 13.2. The first-order chi connectivity index (χ1) is 8.63. The van der Waals surface area contributed by atoms with Crippen LogP contribution >= 0.6 is 12.4 Å². The van der Waals surface area contributed by atoms with Crippen LogP contribution in [-0.2, 0) is 0 Å². The summed E-state index contributed by atoms with van der Waals surface area (Å²) in [5, 5.41) is 9.36. The van der Waals surface area contributed by atoms with Crippen LogP contribution in [0.3, 0.4) is 0 Å². The molecule has 5 heteroatoms. The molecule has 3 rings (SSSR count). The summed E-state index contributed by atoms with van der Waals surface area (Å²) in [7, 11) is 0. The summed E-state index contributed by atoms with van der Waals surface area (Å²) in [6, 6.07) is 7.95. The second-order valence-corrected chi connectivity index (χ2v) is 4.68. The molecule has 0 bridgehead atoms. The molecule has 1 heterocycles. The number of phenolic OH excluding ortho intramolecular Hbond substituents is 1. The van der Waals surface area contributed by atoms with Crippen molar-refractivity contribution in [1.29, 1.82) is 0 Å². The molecule has 3 nitrogen and oxygen atoms in total. The second-order valence-electron chi connectivity index (χ2n) is 4.68. The predicted molar refractivity (Wildman–Crippen MR) is 73.9 cm³/mol. The Bertz CT molecular complexity index is 568. The number of halogens is 2. The molecule has 0 aliphatic heterocycles. The number of benzene rings is 1. The normalized spacial score (nSPS) is 20.7. The summed E-state index contributed by atoms with van der Waals surface area (Å²) < 4.78 is 13.2. The van der Waals surface area contributed by atoms with Gasteiger partial charge in [0.1, 0.15) is 11.6 Å². The van der Waals surface area contributed by atoms with Crippen molar-refractivity contribution in [3.05, 3.63) is 47.9 Å². The zero-order chi connectivity index (χ0) is 12.7. The smallest absolute Gasteiger partial charge is 0.127 e. The lowest BCUT2D eigenvalue weighted by Crippen LogP contribution is -2.01. The number of nitrogens with zero attached hydrogens (tertiary/aromatic N) is 1. The molecule has 0 saturated heterocycles. The molecule has 1 fully saturated rings. The fraction of sp³-hybridized carbons (Fsp3) is 0.214. The van der Waals surface area contributed by atoms with Crippen molar-refractivity contribution in [2.24, 2.45) is 5.73 Å². The topological polar surface area (TPSA) is 59.1 Å². The van der Waals surface area contributed by atoms with E-state index in [4.69, 9.17) is 5.73 Å². The Morgan fingerprint density at radius 2 is 2.00 bits per heavy atom.